The molecule has 3 rings (SSSR count). The van der Waals surface area contributed by atoms with Crippen LogP contribution in [0, 0.1) is 17.3 Å². The van der Waals surface area contributed by atoms with Gasteiger partial charge in [-0.15, -0.1) is 0 Å². The molecule has 0 aromatic carbocycles. The first-order chi connectivity index (χ1) is 7.07. The number of hydrogen-bond acceptors (Lipinski definition) is 3. The van der Waals surface area contributed by atoms with Crippen molar-refractivity contribution in [3.63, 3.8) is 0 Å². The van der Waals surface area contributed by atoms with Crippen LogP contribution in [-0.2, 0) is 9.47 Å². The largest absolute Gasteiger partial charge is 0.393 e. The summed E-state index contributed by atoms with van der Waals surface area (Å²) in [4.78, 5) is 0. The van der Waals surface area contributed by atoms with E-state index in [1.165, 1.54) is 0 Å². The average Bonchev–Trinajstić information content (AvgIpc) is 2.58. The highest BCUT2D eigenvalue weighted by Gasteiger charge is 2.54. The molecule has 1 aliphatic carbocycles. The van der Waals surface area contributed by atoms with Gasteiger partial charge in [-0.05, 0) is 24.7 Å². The Balaban J connectivity index is 1.83. The van der Waals surface area contributed by atoms with E-state index in [1.54, 1.807) is 0 Å². The third-order valence-corrected chi connectivity index (χ3v) is 4.28. The molecule has 3 fully saturated rings. The summed E-state index contributed by atoms with van der Waals surface area (Å²) in [6.45, 7) is 5.23. The van der Waals surface area contributed by atoms with Crippen LogP contribution in [0.3, 0.4) is 0 Å². The van der Waals surface area contributed by atoms with Crippen LogP contribution in [0.4, 0.5) is 0 Å². The fraction of sp³-hybridized carbons (Fsp3) is 1.00. The molecule has 2 aliphatic heterocycles. The van der Waals surface area contributed by atoms with Gasteiger partial charge < -0.3 is 14.6 Å². The average molecular weight is 212 g/mol. The van der Waals surface area contributed by atoms with Gasteiger partial charge in [0.15, 0.2) is 6.29 Å². The van der Waals surface area contributed by atoms with Crippen molar-refractivity contribution in [3.05, 3.63) is 0 Å². The second-order valence-electron chi connectivity index (χ2n) is 6.08. The van der Waals surface area contributed by atoms with E-state index in [2.05, 4.69) is 13.8 Å². The van der Waals surface area contributed by atoms with Crippen LogP contribution in [0.15, 0.2) is 0 Å². The van der Waals surface area contributed by atoms with Gasteiger partial charge in [0.05, 0.1) is 18.8 Å². The maximum absolute atomic E-state index is 10.2. The van der Waals surface area contributed by atoms with Gasteiger partial charge in [0.2, 0.25) is 0 Å². The molecule has 5 atom stereocenters. The van der Waals surface area contributed by atoms with Crippen molar-refractivity contribution in [2.45, 2.75) is 51.6 Å². The van der Waals surface area contributed by atoms with Gasteiger partial charge in [0.1, 0.15) is 0 Å². The maximum atomic E-state index is 10.2. The zero-order chi connectivity index (χ0) is 10.6. The summed E-state index contributed by atoms with van der Waals surface area (Å²) in [6.07, 6.45) is 3.02. The molecular formula is C12H20O3. The molecule has 15 heavy (non-hydrogen) atoms. The van der Waals surface area contributed by atoms with E-state index in [9.17, 15) is 5.11 Å². The highest BCUT2D eigenvalue weighted by Crippen LogP contribution is 2.50. The Labute approximate surface area is 90.8 Å². The number of fused-ring (bicyclic) bond motifs is 3. The Kier molecular flexibility index (Phi) is 2.14. The molecule has 2 saturated heterocycles. The molecule has 0 radical (unpaired) electrons. The van der Waals surface area contributed by atoms with E-state index in [0.29, 0.717) is 11.8 Å². The van der Waals surface area contributed by atoms with Crippen LogP contribution in [0.5, 0.6) is 0 Å². The van der Waals surface area contributed by atoms with Crippen molar-refractivity contribution in [2.75, 3.05) is 6.61 Å². The lowest BCUT2D eigenvalue weighted by Gasteiger charge is -2.41. The van der Waals surface area contributed by atoms with Crippen molar-refractivity contribution < 1.29 is 14.6 Å². The molecule has 3 nitrogen and oxygen atoms in total. The first kappa shape index (κ1) is 10.1. The smallest absolute Gasteiger partial charge is 0.161 e. The summed E-state index contributed by atoms with van der Waals surface area (Å²) in [7, 11) is 0. The number of ether oxygens (including phenoxy) is 2. The van der Waals surface area contributed by atoms with Crippen molar-refractivity contribution in [1.29, 1.82) is 0 Å². The first-order valence-electron chi connectivity index (χ1n) is 6.02. The molecule has 0 bridgehead atoms. The maximum Gasteiger partial charge on any atom is 0.161 e. The predicted octanol–water partition coefficient (Wildman–Crippen LogP) is 1.54. The topological polar surface area (TPSA) is 38.7 Å². The summed E-state index contributed by atoms with van der Waals surface area (Å²) < 4.78 is 11.5. The molecule has 0 aromatic rings. The summed E-state index contributed by atoms with van der Waals surface area (Å²) >= 11 is 0. The molecule has 0 spiro atoms. The molecule has 3 heteroatoms. The van der Waals surface area contributed by atoms with Gasteiger partial charge in [-0.1, -0.05) is 13.8 Å². The van der Waals surface area contributed by atoms with Crippen LogP contribution in [0.25, 0.3) is 0 Å². The van der Waals surface area contributed by atoms with Crippen molar-refractivity contribution in [2.24, 2.45) is 17.3 Å². The predicted molar refractivity (Wildman–Crippen MR) is 55.2 cm³/mol. The minimum atomic E-state index is -0.199. The van der Waals surface area contributed by atoms with E-state index >= 15 is 0 Å². The Morgan fingerprint density at radius 3 is 2.87 bits per heavy atom. The molecule has 2 heterocycles. The Morgan fingerprint density at radius 2 is 2.07 bits per heavy atom. The van der Waals surface area contributed by atoms with Gasteiger partial charge in [0.25, 0.3) is 0 Å². The van der Waals surface area contributed by atoms with Crippen molar-refractivity contribution >= 4 is 0 Å². The van der Waals surface area contributed by atoms with Gasteiger partial charge in [-0.2, -0.15) is 0 Å². The number of rotatable bonds is 0. The van der Waals surface area contributed by atoms with E-state index in [1.807, 2.05) is 0 Å². The molecule has 0 aromatic heterocycles. The van der Waals surface area contributed by atoms with Crippen LogP contribution in [0.1, 0.15) is 33.1 Å². The molecule has 86 valence electrons. The van der Waals surface area contributed by atoms with Gasteiger partial charge >= 0.3 is 0 Å². The van der Waals surface area contributed by atoms with Gasteiger partial charge in [0, 0.05) is 11.8 Å². The molecule has 1 N–H and O–H groups in total. The fourth-order valence-corrected chi connectivity index (χ4v) is 3.68. The van der Waals surface area contributed by atoms with E-state index < -0.39 is 0 Å². The van der Waals surface area contributed by atoms with Crippen LogP contribution in [0.2, 0.25) is 0 Å². The summed E-state index contributed by atoms with van der Waals surface area (Å²) in [5.41, 5.74) is 0.208. The standard InChI is InChI=1S/C12H20O3/c1-12(2)5-8(13)10-7-3-4-14-11(7)15-9(10)6-12/h7-11,13H,3-6H2,1-2H3/t7-,8+,9-,10+,11+/m1/s1. The number of aliphatic hydroxyl groups is 1. The number of hydrogen-bond donors (Lipinski definition) is 1. The second kappa shape index (κ2) is 3.19. The summed E-state index contributed by atoms with van der Waals surface area (Å²) in [5, 5.41) is 10.2. The third kappa shape index (κ3) is 1.52. The SMILES string of the molecule is CC1(C)C[C@H](O)[C@@H]2[C@H]3CCO[C@H]3O[C@@H]2C1. The lowest BCUT2D eigenvalue weighted by atomic mass is 9.67. The third-order valence-electron chi connectivity index (χ3n) is 4.28. The second-order valence-corrected chi connectivity index (χ2v) is 6.08. The van der Waals surface area contributed by atoms with Crippen LogP contribution in [-0.4, -0.2) is 30.2 Å². The van der Waals surface area contributed by atoms with E-state index in [4.69, 9.17) is 9.47 Å². The Hall–Kier alpha value is -0.120. The quantitative estimate of drug-likeness (QED) is 0.662. The minimum Gasteiger partial charge on any atom is -0.393 e. The van der Waals surface area contributed by atoms with Crippen molar-refractivity contribution in [3.8, 4) is 0 Å². The monoisotopic (exact) mass is 212 g/mol. The zero-order valence-electron chi connectivity index (χ0n) is 9.48. The normalized spacial score (nSPS) is 52.6. The lowest BCUT2D eigenvalue weighted by Crippen LogP contribution is -2.43. The van der Waals surface area contributed by atoms with Gasteiger partial charge in [-0.3, -0.25) is 0 Å². The van der Waals surface area contributed by atoms with E-state index in [0.717, 1.165) is 25.9 Å². The molecule has 0 unspecified atom stereocenters. The fourth-order valence-electron chi connectivity index (χ4n) is 3.68. The lowest BCUT2D eigenvalue weighted by molar-refractivity contribution is -0.136. The first-order valence-corrected chi connectivity index (χ1v) is 6.02. The molecule has 1 saturated carbocycles. The van der Waals surface area contributed by atoms with Gasteiger partial charge in [-0.25, -0.2) is 0 Å². The van der Waals surface area contributed by atoms with Crippen LogP contribution < -0.4 is 0 Å². The van der Waals surface area contributed by atoms with E-state index in [-0.39, 0.29) is 23.9 Å². The molecule has 0 amide bonds. The summed E-state index contributed by atoms with van der Waals surface area (Å²) in [5.74, 6) is 0.770. The Bertz CT molecular complexity index is 264. The zero-order valence-corrected chi connectivity index (χ0v) is 9.48. The highest BCUT2D eigenvalue weighted by atomic mass is 16.7. The highest BCUT2D eigenvalue weighted by molar-refractivity contribution is 5.00. The van der Waals surface area contributed by atoms with Crippen LogP contribution >= 0.6 is 0 Å². The van der Waals surface area contributed by atoms with Crippen molar-refractivity contribution in [1.82, 2.24) is 0 Å². The molecular weight excluding hydrogens is 192 g/mol. The number of aliphatic hydroxyl groups excluding tert-OH is 1. The Morgan fingerprint density at radius 1 is 1.27 bits per heavy atom. The summed E-state index contributed by atoms with van der Waals surface area (Å²) in [6, 6.07) is 0. The molecule has 3 aliphatic rings. The minimum absolute atomic E-state index is 0.0245.